The number of likely N-dealkylation sites (tertiary alicyclic amines) is 1. The van der Waals surface area contributed by atoms with Gasteiger partial charge >= 0.3 is 5.97 Å². The molecule has 3 unspecified atom stereocenters. The van der Waals surface area contributed by atoms with Crippen molar-refractivity contribution in [2.75, 3.05) is 6.54 Å². The van der Waals surface area contributed by atoms with Crippen molar-refractivity contribution in [3.8, 4) is 0 Å². The fourth-order valence-electron chi connectivity index (χ4n) is 6.11. The molecule has 1 aliphatic heterocycles. The lowest BCUT2D eigenvalue weighted by Gasteiger charge is -2.29. The van der Waals surface area contributed by atoms with Gasteiger partial charge in [0, 0.05) is 25.9 Å². The van der Waals surface area contributed by atoms with E-state index in [4.69, 9.17) is 0 Å². The Labute approximate surface area is 206 Å². The first-order valence-electron chi connectivity index (χ1n) is 12.5. The zero-order chi connectivity index (χ0) is 25.1. The maximum atomic E-state index is 13.2. The number of hydrogen-bond donors (Lipinski definition) is 1. The van der Waals surface area contributed by atoms with E-state index in [0.717, 1.165) is 47.1 Å². The SMILES string of the molecule is Cc1c(C(CC(=O)O)c2ccc3c(c2)C2C(CCN2C(=O)CC(C)(C)C)C3)ccc2c1nnn2C. The first kappa shape index (κ1) is 23.5. The van der Waals surface area contributed by atoms with E-state index in [1.807, 2.05) is 26.1 Å². The molecule has 2 aliphatic rings. The molecule has 5 rings (SSSR count). The maximum Gasteiger partial charge on any atom is 0.304 e. The fraction of sp³-hybridized carbons (Fsp3) is 0.500. The Morgan fingerprint density at radius 2 is 1.97 bits per heavy atom. The third-order valence-corrected chi connectivity index (χ3v) is 7.73. The second kappa shape index (κ2) is 8.47. The lowest BCUT2D eigenvalue weighted by Crippen LogP contribution is -2.33. The fourth-order valence-corrected chi connectivity index (χ4v) is 6.11. The van der Waals surface area contributed by atoms with Gasteiger partial charge in [0.05, 0.1) is 18.0 Å². The maximum absolute atomic E-state index is 13.2. The highest BCUT2D eigenvalue weighted by Crippen LogP contribution is 2.48. The molecule has 1 fully saturated rings. The minimum atomic E-state index is -0.838. The molecule has 3 atom stereocenters. The van der Waals surface area contributed by atoms with Crippen molar-refractivity contribution >= 4 is 22.9 Å². The average molecular weight is 475 g/mol. The van der Waals surface area contributed by atoms with Gasteiger partial charge in [-0.05, 0) is 65.0 Å². The molecule has 0 radical (unpaired) electrons. The Kier molecular flexibility index (Phi) is 5.69. The average Bonchev–Trinajstić information content (AvgIpc) is 3.45. The number of rotatable bonds is 5. The van der Waals surface area contributed by atoms with Gasteiger partial charge in [-0.1, -0.05) is 50.3 Å². The van der Waals surface area contributed by atoms with Crippen LogP contribution >= 0.6 is 0 Å². The van der Waals surface area contributed by atoms with Crippen LogP contribution in [0.2, 0.25) is 0 Å². The standard InChI is InChI=1S/C28H34N4O3/c1-16-20(8-9-23-26(16)29-30-31(23)5)21(14-25(34)35)18-7-6-17-12-19-10-11-32(27(19)22(17)13-18)24(33)15-28(2,3)4/h6-9,13,19,21,27H,10-12,14-15H2,1-5H3,(H,34,35). The summed E-state index contributed by atoms with van der Waals surface area (Å²) in [6.45, 7) is 9.10. The number of hydrogen-bond acceptors (Lipinski definition) is 4. The van der Waals surface area contributed by atoms with Crippen LogP contribution in [0.5, 0.6) is 0 Å². The Morgan fingerprint density at radius 1 is 1.20 bits per heavy atom. The van der Waals surface area contributed by atoms with Crippen molar-refractivity contribution in [2.24, 2.45) is 18.4 Å². The van der Waals surface area contributed by atoms with Gasteiger partial charge < -0.3 is 10.0 Å². The summed E-state index contributed by atoms with van der Waals surface area (Å²) in [4.78, 5) is 27.2. The van der Waals surface area contributed by atoms with Crippen LogP contribution < -0.4 is 0 Å². The largest absolute Gasteiger partial charge is 0.481 e. The topological polar surface area (TPSA) is 88.3 Å². The summed E-state index contributed by atoms with van der Waals surface area (Å²) in [5, 5.41) is 18.2. The van der Waals surface area contributed by atoms with E-state index in [1.165, 1.54) is 11.1 Å². The Hall–Kier alpha value is -3.22. The zero-order valence-corrected chi connectivity index (χ0v) is 21.2. The van der Waals surface area contributed by atoms with E-state index < -0.39 is 5.97 Å². The van der Waals surface area contributed by atoms with Crippen LogP contribution in [0.1, 0.15) is 79.8 Å². The summed E-state index contributed by atoms with van der Waals surface area (Å²) in [6.07, 6.45) is 2.52. The van der Waals surface area contributed by atoms with E-state index in [-0.39, 0.29) is 29.7 Å². The first-order valence-corrected chi connectivity index (χ1v) is 12.5. The van der Waals surface area contributed by atoms with Gasteiger partial charge in [-0.2, -0.15) is 0 Å². The quantitative estimate of drug-likeness (QED) is 0.576. The molecule has 7 nitrogen and oxygen atoms in total. The smallest absolute Gasteiger partial charge is 0.304 e. The van der Waals surface area contributed by atoms with Crippen LogP contribution in [0.3, 0.4) is 0 Å². The molecule has 1 saturated heterocycles. The number of aliphatic carboxylic acids is 1. The lowest BCUT2D eigenvalue weighted by molar-refractivity contribution is -0.137. The van der Waals surface area contributed by atoms with Gasteiger partial charge in [0.1, 0.15) is 5.52 Å². The first-order chi connectivity index (χ1) is 16.5. The van der Waals surface area contributed by atoms with Gasteiger partial charge in [0.2, 0.25) is 5.91 Å². The second-order valence-electron chi connectivity index (χ2n) is 11.5. The minimum Gasteiger partial charge on any atom is -0.481 e. The lowest BCUT2D eigenvalue weighted by atomic mass is 9.84. The normalized spacial score (nSPS) is 20.2. The number of carbonyl (C=O) groups excluding carboxylic acids is 1. The molecule has 2 aromatic carbocycles. The van der Waals surface area contributed by atoms with E-state index in [9.17, 15) is 14.7 Å². The third kappa shape index (κ3) is 4.21. The van der Waals surface area contributed by atoms with E-state index >= 15 is 0 Å². The van der Waals surface area contributed by atoms with Crippen molar-refractivity contribution in [3.05, 3.63) is 58.1 Å². The third-order valence-electron chi connectivity index (χ3n) is 7.73. The van der Waals surface area contributed by atoms with Crippen LogP contribution in [-0.4, -0.2) is 43.4 Å². The molecule has 0 spiro atoms. The predicted octanol–water partition coefficient (Wildman–Crippen LogP) is 4.77. The van der Waals surface area contributed by atoms with Crippen molar-refractivity contribution in [2.45, 2.75) is 65.3 Å². The molecule has 7 heteroatoms. The Bertz CT molecular complexity index is 1320. The van der Waals surface area contributed by atoms with Crippen LogP contribution in [0.4, 0.5) is 0 Å². The molecule has 0 bridgehead atoms. The number of fused-ring (bicyclic) bond motifs is 4. The highest BCUT2D eigenvalue weighted by molar-refractivity contribution is 5.80. The van der Waals surface area contributed by atoms with Gasteiger partial charge in [0.25, 0.3) is 0 Å². The highest BCUT2D eigenvalue weighted by Gasteiger charge is 2.44. The van der Waals surface area contributed by atoms with Crippen LogP contribution in [-0.2, 0) is 23.1 Å². The summed E-state index contributed by atoms with van der Waals surface area (Å²) in [5.41, 5.74) is 7.06. The summed E-state index contributed by atoms with van der Waals surface area (Å²) in [6, 6.07) is 10.5. The molecular weight excluding hydrogens is 440 g/mol. The Balaban J connectivity index is 1.54. The molecule has 1 aromatic heterocycles. The summed E-state index contributed by atoms with van der Waals surface area (Å²) < 4.78 is 1.73. The number of benzene rings is 2. The number of carboxylic acids is 1. The van der Waals surface area contributed by atoms with Gasteiger partial charge in [-0.25, -0.2) is 4.68 Å². The molecule has 2 heterocycles. The minimum absolute atomic E-state index is 0.00778. The van der Waals surface area contributed by atoms with Crippen molar-refractivity contribution in [3.63, 3.8) is 0 Å². The predicted molar refractivity (Wildman–Crippen MR) is 134 cm³/mol. The molecule has 0 saturated carbocycles. The zero-order valence-electron chi connectivity index (χ0n) is 21.2. The molecule has 3 aromatic rings. The number of aromatic nitrogens is 3. The van der Waals surface area contributed by atoms with Crippen LogP contribution in [0, 0.1) is 18.3 Å². The van der Waals surface area contributed by atoms with Crippen molar-refractivity contribution in [1.29, 1.82) is 0 Å². The van der Waals surface area contributed by atoms with Gasteiger partial charge in [-0.15, -0.1) is 5.10 Å². The van der Waals surface area contributed by atoms with Gasteiger partial charge in [-0.3, -0.25) is 9.59 Å². The van der Waals surface area contributed by atoms with Crippen LogP contribution in [0.25, 0.3) is 11.0 Å². The van der Waals surface area contributed by atoms with E-state index in [2.05, 4.69) is 54.2 Å². The highest BCUT2D eigenvalue weighted by atomic mass is 16.4. The summed E-state index contributed by atoms with van der Waals surface area (Å²) >= 11 is 0. The van der Waals surface area contributed by atoms with Gasteiger partial charge in [0.15, 0.2) is 0 Å². The van der Waals surface area contributed by atoms with E-state index in [0.29, 0.717) is 12.3 Å². The monoisotopic (exact) mass is 474 g/mol. The molecule has 1 N–H and O–H groups in total. The summed E-state index contributed by atoms with van der Waals surface area (Å²) in [7, 11) is 1.86. The number of carbonyl (C=O) groups is 2. The second-order valence-corrected chi connectivity index (χ2v) is 11.5. The van der Waals surface area contributed by atoms with Crippen molar-refractivity contribution < 1.29 is 14.7 Å². The number of carboxylic acid groups (broad SMARTS) is 1. The molecule has 35 heavy (non-hydrogen) atoms. The Morgan fingerprint density at radius 3 is 2.69 bits per heavy atom. The number of aryl methyl sites for hydroxylation is 2. The molecule has 1 aliphatic carbocycles. The molecule has 1 amide bonds. The van der Waals surface area contributed by atoms with E-state index in [1.54, 1.807) is 4.68 Å². The molecular formula is C28H34N4O3. The summed E-state index contributed by atoms with van der Waals surface area (Å²) in [5.74, 6) is -0.479. The van der Waals surface area contributed by atoms with Crippen LogP contribution in [0.15, 0.2) is 30.3 Å². The van der Waals surface area contributed by atoms with Crippen molar-refractivity contribution in [1.82, 2.24) is 19.9 Å². The molecule has 184 valence electrons. The number of amides is 1. The number of nitrogens with zero attached hydrogens (tertiary/aromatic N) is 4.